The monoisotopic (exact) mass is 710 g/mol. The zero-order valence-corrected chi connectivity index (χ0v) is 33.8. The van der Waals surface area contributed by atoms with E-state index in [0.717, 1.165) is 44.9 Å². The molecular weight excluding hydrogens is 622 g/mol. The van der Waals surface area contributed by atoms with E-state index in [1.165, 1.54) is 154 Å². The first-order valence-electron chi connectivity index (χ1n) is 22.3. The zero-order valence-electron chi connectivity index (χ0n) is 33.8. The number of ether oxygens (including phenoxy) is 1. The van der Waals surface area contributed by atoms with Gasteiger partial charge in [-0.25, -0.2) is 0 Å². The molecule has 50 heavy (non-hydrogen) atoms. The summed E-state index contributed by atoms with van der Waals surface area (Å²) in [6.07, 6.45) is 38.8. The molecule has 3 N–H and O–H groups in total. The minimum Gasteiger partial charge on any atom is -0.462 e. The molecule has 3 unspecified atom stereocenters. The fourth-order valence-corrected chi connectivity index (χ4v) is 7.02. The number of hydrogen-bond acceptors (Lipinski definition) is 5. The summed E-state index contributed by atoms with van der Waals surface area (Å²) in [6, 6.07) is -0.689. The summed E-state index contributed by atoms with van der Waals surface area (Å²) < 4.78 is 5.88. The number of unbranched alkanes of at least 4 members (excludes halogenated alkanes) is 28. The summed E-state index contributed by atoms with van der Waals surface area (Å²) in [7, 11) is 0. The molecule has 3 atom stereocenters. The van der Waals surface area contributed by atoms with Gasteiger partial charge in [0.2, 0.25) is 5.91 Å². The molecule has 0 radical (unpaired) electrons. The highest BCUT2D eigenvalue weighted by molar-refractivity contribution is 5.77. The predicted octanol–water partition coefficient (Wildman–Crippen LogP) is 12.4. The lowest BCUT2D eigenvalue weighted by atomic mass is 10.0. The Kier molecular flexibility index (Phi) is 38.2. The van der Waals surface area contributed by atoms with Gasteiger partial charge in [0, 0.05) is 6.42 Å². The number of nitrogens with one attached hydrogen (secondary N) is 1. The molecule has 0 aromatic heterocycles. The van der Waals surface area contributed by atoms with Gasteiger partial charge in [0.15, 0.2) is 0 Å². The molecular formula is C44H87NO5. The highest BCUT2D eigenvalue weighted by atomic mass is 16.5. The minimum absolute atomic E-state index is 0.0859. The standard InChI is InChI=1S/C44H87NO5/c1-4-7-10-13-16-19-20-21-22-25-28-31-34-37-44(49)50-40(35-32-29-26-23-17-14-11-8-5-2)38-43(48)45-41(39-46)42(47)36-33-30-27-24-18-15-12-9-6-3/h40-42,46-47H,4-39H2,1-3H3,(H,45,48). The Balaban J connectivity index is 4.50. The second kappa shape index (κ2) is 39.1. The highest BCUT2D eigenvalue weighted by Crippen LogP contribution is 2.18. The average Bonchev–Trinajstić information content (AvgIpc) is 3.10. The molecule has 1 amide bonds. The Bertz CT molecular complexity index is 717. The molecule has 0 saturated carbocycles. The number of aliphatic hydroxyl groups is 2. The summed E-state index contributed by atoms with van der Waals surface area (Å²) in [5.41, 5.74) is 0. The Hall–Kier alpha value is -1.14. The lowest BCUT2D eigenvalue weighted by Gasteiger charge is -2.24. The normalized spacial score (nSPS) is 13.3. The third-order valence-corrected chi connectivity index (χ3v) is 10.4. The van der Waals surface area contributed by atoms with Crippen molar-refractivity contribution in [1.29, 1.82) is 0 Å². The lowest BCUT2D eigenvalue weighted by molar-refractivity contribution is -0.151. The molecule has 0 saturated heterocycles. The van der Waals surface area contributed by atoms with Gasteiger partial charge in [-0.1, -0.05) is 207 Å². The Morgan fingerprint density at radius 2 is 0.840 bits per heavy atom. The molecule has 0 fully saturated rings. The van der Waals surface area contributed by atoms with Gasteiger partial charge in [-0.05, 0) is 25.7 Å². The van der Waals surface area contributed by atoms with Crippen molar-refractivity contribution in [3.8, 4) is 0 Å². The predicted molar refractivity (Wildman–Crippen MR) is 214 cm³/mol. The molecule has 0 aliphatic heterocycles. The van der Waals surface area contributed by atoms with Gasteiger partial charge in [0.1, 0.15) is 6.10 Å². The van der Waals surface area contributed by atoms with E-state index in [1.54, 1.807) is 0 Å². The molecule has 0 aliphatic rings. The summed E-state index contributed by atoms with van der Waals surface area (Å²) in [4.78, 5) is 25.9. The van der Waals surface area contributed by atoms with Crippen LogP contribution in [0.5, 0.6) is 0 Å². The fourth-order valence-electron chi connectivity index (χ4n) is 7.02. The molecule has 298 valence electrons. The van der Waals surface area contributed by atoms with Crippen LogP contribution in [-0.4, -0.2) is 46.9 Å². The van der Waals surface area contributed by atoms with Crippen molar-refractivity contribution in [2.45, 2.75) is 264 Å². The smallest absolute Gasteiger partial charge is 0.306 e. The average molecular weight is 710 g/mol. The van der Waals surface area contributed by atoms with E-state index in [9.17, 15) is 19.8 Å². The van der Waals surface area contributed by atoms with Crippen LogP contribution in [0.3, 0.4) is 0 Å². The van der Waals surface area contributed by atoms with Crippen molar-refractivity contribution in [2.75, 3.05) is 6.61 Å². The molecule has 0 heterocycles. The van der Waals surface area contributed by atoms with Crippen molar-refractivity contribution in [3.05, 3.63) is 0 Å². The van der Waals surface area contributed by atoms with Crippen LogP contribution in [0.2, 0.25) is 0 Å². The molecule has 0 aromatic rings. The number of hydrogen-bond donors (Lipinski definition) is 3. The van der Waals surface area contributed by atoms with Gasteiger partial charge in [-0.15, -0.1) is 0 Å². The van der Waals surface area contributed by atoms with Crippen molar-refractivity contribution < 1.29 is 24.5 Å². The van der Waals surface area contributed by atoms with Crippen LogP contribution >= 0.6 is 0 Å². The first kappa shape index (κ1) is 48.9. The van der Waals surface area contributed by atoms with Gasteiger partial charge >= 0.3 is 5.97 Å². The van der Waals surface area contributed by atoms with Crippen LogP contribution < -0.4 is 5.32 Å². The summed E-state index contributed by atoms with van der Waals surface area (Å²) >= 11 is 0. The van der Waals surface area contributed by atoms with E-state index < -0.39 is 18.2 Å². The number of aliphatic hydroxyl groups excluding tert-OH is 2. The Labute approximate surface area is 311 Å². The van der Waals surface area contributed by atoms with Gasteiger partial charge in [-0.2, -0.15) is 0 Å². The minimum atomic E-state index is -0.776. The van der Waals surface area contributed by atoms with Crippen LogP contribution in [0.1, 0.15) is 245 Å². The molecule has 0 rings (SSSR count). The van der Waals surface area contributed by atoms with Crippen LogP contribution in [0, 0.1) is 0 Å². The fraction of sp³-hybridized carbons (Fsp3) is 0.955. The molecule has 0 bridgehead atoms. The largest absolute Gasteiger partial charge is 0.462 e. The number of carbonyl (C=O) groups excluding carboxylic acids is 2. The van der Waals surface area contributed by atoms with Gasteiger partial charge in [-0.3, -0.25) is 9.59 Å². The van der Waals surface area contributed by atoms with Crippen LogP contribution in [0.15, 0.2) is 0 Å². The van der Waals surface area contributed by atoms with Crippen LogP contribution in [0.4, 0.5) is 0 Å². The third kappa shape index (κ3) is 34.0. The summed E-state index contributed by atoms with van der Waals surface area (Å²) in [5, 5.41) is 23.5. The number of carbonyl (C=O) groups is 2. The van der Waals surface area contributed by atoms with Crippen LogP contribution in [0.25, 0.3) is 0 Å². The second-order valence-corrected chi connectivity index (χ2v) is 15.5. The number of rotatable bonds is 40. The van der Waals surface area contributed by atoms with Crippen molar-refractivity contribution in [2.24, 2.45) is 0 Å². The van der Waals surface area contributed by atoms with E-state index in [1.807, 2.05) is 0 Å². The second-order valence-electron chi connectivity index (χ2n) is 15.5. The first-order chi connectivity index (χ1) is 24.5. The highest BCUT2D eigenvalue weighted by Gasteiger charge is 2.24. The Morgan fingerprint density at radius 1 is 0.500 bits per heavy atom. The Morgan fingerprint density at radius 3 is 1.22 bits per heavy atom. The van der Waals surface area contributed by atoms with E-state index in [0.29, 0.717) is 19.3 Å². The third-order valence-electron chi connectivity index (χ3n) is 10.4. The van der Waals surface area contributed by atoms with E-state index in [-0.39, 0.29) is 24.9 Å². The summed E-state index contributed by atoms with van der Waals surface area (Å²) in [6.45, 7) is 6.45. The van der Waals surface area contributed by atoms with Crippen molar-refractivity contribution in [3.63, 3.8) is 0 Å². The lowest BCUT2D eigenvalue weighted by Crippen LogP contribution is -2.46. The van der Waals surface area contributed by atoms with Gasteiger partial charge in [0.05, 0.1) is 25.2 Å². The summed E-state index contributed by atoms with van der Waals surface area (Å²) in [5.74, 6) is -0.462. The zero-order chi connectivity index (χ0) is 36.8. The van der Waals surface area contributed by atoms with Crippen molar-refractivity contribution >= 4 is 11.9 Å². The maximum Gasteiger partial charge on any atom is 0.306 e. The molecule has 6 heteroatoms. The van der Waals surface area contributed by atoms with E-state index in [4.69, 9.17) is 4.74 Å². The van der Waals surface area contributed by atoms with Crippen LogP contribution in [-0.2, 0) is 14.3 Å². The van der Waals surface area contributed by atoms with E-state index >= 15 is 0 Å². The van der Waals surface area contributed by atoms with Gasteiger partial charge in [0.25, 0.3) is 0 Å². The topological polar surface area (TPSA) is 95.9 Å². The molecule has 0 spiro atoms. The van der Waals surface area contributed by atoms with Gasteiger partial charge < -0.3 is 20.3 Å². The SMILES string of the molecule is CCCCCCCCCCCCCCCC(=O)OC(CCCCCCCCCCC)CC(=O)NC(CO)C(O)CCCCCCCCCCC. The number of esters is 1. The van der Waals surface area contributed by atoms with Crippen molar-refractivity contribution in [1.82, 2.24) is 5.32 Å². The molecule has 0 aromatic carbocycles. The maximum atomic E-state index is 13.1. The first-order valence-corrected chi connectivity index (χ1v) is 22.3. The number of amides is 1. The molecule has 6 nitrogen and oxygen atoms in total. The molecule has 0 aliphatic carbocycles. The van der Waals surface area contributed by atoms with E-state index in [2.05, 4.69) is 26.1 Å². The maximum absolute atomic E-state index is 13.1. The quantitative estimate of drug-likeness (QED) is 0.0435.